The maximum atomic E-state index is 11.8. The molecule has 0 amide bonds. The van der Waals surface area contributed by atoms with Crippen LogP contribution in [0.25, 0.3) is 0 Å². The number of ether oxygens (including phenoxy) is 4. The van der Waals surface area contributed by atoms with Crippen LogP contribution in [0, 0.1) is 0 Å². The van der Waals surface area contributed by atoms with Crippen LogP contribution in [0.4, 0.5) is 0 Å². The first-order chi connectivity index (χ1) is 33.3. The molecule has 5 aliphatic rings. The molecule has 2 aromatic rings. The SMILES string of the molecule is CC1(C)OB(c2ccc(CO)cc2)OC1(C)C.CC1(C)OB(c2ccc(COC(=O)CC3=CC(=O)OC3=O)cc2)OC1(C)C.O=C(Cl)C(=O)Cl.O=C(Cl)CC1=CC(=O)OC1=O.O=C(O)CC1=CC(=O)OC1=O. The van der Waals surface area contributed by atoms with Crippen LogP contribution in [0.2, 0.25) is 0 Å². The Morgan fingerprint density at radius 3 is 1.11 bits per heavy atom. The monoisotopic (exact) mass is 1060 g/mol. The van der Waals surface area contributed by atoms with Crippen LogP contribution < -0.4 is 10.9 Å². The molecule has 26 heteroatoms. The van der Waals surface area contributed by atoms with Gasteiger partial charge in [0.25, 0.3) is 0 Å². The second-order valence-electron chi connectivity index (χ2n) is 17.4. The van der Waals surface area contributed by atoms with E-state index in [1.807, 2.05) is 104 Å². The van der Waals surface area contributed by atoms with E-state index in [-0.39, 0.29) is 61.1 Å². The second-order valence-corrected chi connectivity index (χ2v) is 18.5. The number of halogens is 3. The third-order valence-electron chi connectivity index (χ3n) is 11.0. The fourth-order valence-corrected chi connectivity index (χ4v) is 5.87. The Bertz CT molecular complexity index is 2480. The fourth-order valence-electron chi connectivity index (χ4n) is 5.72. The predicted octanol–water partition coefficient (Wildman–Crippen LogP) is 3.05. The summed E-state index contributed by atoms with van der Waals surface area (Å²) in [6.45, 7) is 16.2. The number of aliphatic carboxylic acids is 1. The van der Waals surface area contributed by atoms with E-state index in [0.29, 0.717) is 0 Å². The highest BCUT2D eigenvalue weighted by Gasteiger charge is 2.52. The Hall–Kier alpha value is -6.17. The van der Waals surface area contributed by atoms with Crippen molar-refractivity contribution in [3.63, 3.8) is 0 Å². The summed E-state index contributed by atoms with van der Waals surface area (Å²) in [5.41, 5.74) is 1.99. The van der Waals surface area contributed by atoms with Gasteiger partial charge in [0.2, 0.25) is 5.24 Å². The van der Waals surface area contributed by atoms with Gasteiger partial charge in [0.15, 0.2) is 0 Å². The summed E-state index contributed by atoms with van der Waals surface area (Å²) in [5, 5.41) is 14.2. The quantitative estimate of drug-likeness (QED) is 0.0771. The Morgan fingerprint density at radius 2 is 0.833 bits per heavy atom. The molecule has 384 valence electrons. The number of aliphatic hydroxyl groups excluding tert-OH is 1. The Kier molecular flexibility index (Phi) is 21.3. The molecule has 72 heavy (non-hydrogen) atoms. The van der Waals surface area contributed by atoms with Crippen LogP contribution in [0.3, 0.4) is 0 Å². The van der Waals surface area contributed by atoms with Gasteiger partial charge in [-0.15, -0.1) is 0 Å². The Balaban J connectivity index is 0.000000261. The minimum absolute atomic E-state index is 0.00103. The van der Waals surface area contributed by atoms with Crippen molar-refractivity contribution in [2.45, 2.75) is 110 Å². The smallest absolute Gasteiger partial charge is 0.481 e. The minimum Gasteiger partial charge on any atom is -0.481 e. The van der Waals surface area contributed by atoms with E-state index < -0.39 is 88.2 Å². The average Bonchev–Trinajstić information content (AvgIpc) is 4.00. The van der Waals surface area contributed by atoms with Crippen molar-refractivity contribution in [3.8, 4) is 0 Å². The van der Waals surface area contributed by atoms with Gasteiger partial charge in [-0.25, -0.2) is 28.8 Å². The van der Waals surface area contributed by atoms with Gasteiger partial charge in [-0.1, -0.05) is 48.5 Å². The molecule has 0 aliphatic carbocycles. The molecule has 0 bridgehead atoms. The number of hydrogen-bond acceptors (Lipinski definition) is 20. The van der Waals surface area contributed by atoms with E-state index in [4.69, 9.17) is 45.2 Å². The number of benzene rings is 2. The van der Waals surface area contributed by atoms with E-state index in [0.717, 1.165) is 40.3 Å². The van der Waals surface area contributed by atoms with Gasteiger partial charge in [-0.05, 0) is 112 Å². The molecule has 2 fully saturated rings. The van der Waals surface area contributed by atoms with E-state index in [2.05, 4.69) is 37.4 Å². The largest absolute Gasteiger partial charge is 0.494 e. The molecule has 0 radical (unpaired) electrons. The number of esters is 7. The van der Waals surface area contributed by atoms with Gasteiger partial charge in [-0.2, -0.15) is 0 Å². The average molecular weight is 1060 g/mol. The standard InChI is InChI=1S/C19H21BO7.C13H19BO3.C6H3ClO4.C6H4O5.C2Cl2O2/c1-18(2)19(3,4)27-20(26-18)14-7-5-12(6-8-14)11-24-15(21)9-13-10-16(22)25-17(13)23;1-12(2)13(3,4)17-14(16-12)11-7-5-10(9-15)6-8-11;2*7-4(8)1-3-2-5(9)11-6(3)10;3-1(5)2(4)6/h5-8,10H,9,11H2,1-4H3;5-8,15H,9H2,1-4H3;2H,1H2;2H,1H2,(H,7,8);. The second kappa shape index (κ2) is 25.5. The highest BCUT2D eigenvalue weighted by atomic mass is 35.5. The summed E-state index contributed by atoms with van der Waals surface area (Å²) < 4.78 is 41.5. The lowest BCUT2D eigenvalue weighted by Crippen LogP contribution is -2.41. The first-order valence-electron chi connectivity index (χ1n) is 21.1. The summed E-state index contributed by atoms with van der Waals surface area (Å²) in [6.07, 6.45) is 1.83. The maximum Gasteiger partial charge on any atom is 0.494 e. The molecule has 0 unspecified atom stereocenters. The normalized spacial score (nSPS) is 18.4. The zero-order valence-electron chi connectivity index (χ0n) is 39.8. The van der Waals surface area contributed by atoms with Gasteiger partial charge in [-0.3, -0.25) is 24.0 Å². The van der Waals surface area contributed by atoms with Gasteiger partial charge < -0.3 is 47.8 Å². The van der Waals surface area contributed by atoms with Crippen LogP contribution in [-0.2, 0) is 104 Å². The van der Waals surface area contributed by atoms with Crippen LogP contribution in [-0.4, -0.2) is 110 Å². The third kappa shape index (κ3) is 17.8. The number of carbonyl (C=O) groups is 11. The van der Waals surface area contributed by atoms with Crippen molar-refractivity contribution >= 4 is 123 Å². The van der Waals surface area contributed by atoms with E-state index in [1.165, 1.54) is 0 Å². The number of carboxylic acids is 1. The number of aliphatic hydroxyl groups is 1. The molecular weight excluding hydrogens is 1020 g/mol. The highest BCUT2D eigenvalue weighted by molar-refractivity contribution is 6.97. The first-order valence-corrected chi connectivity index (χ1v) is 22.2. The molecule has 21 nitrogen and oxygen atoms in total. The number of cyclic esters (lactones) is 6. The molecule has 2 aromatic carbocycles. The lowest BCUT2D eigenvalue weighted by Gasteiger charge is -2.32. The molecular formula is C46H47B2Cl3O21. The van der Waals surface area contributed by atoms with Crippen LogP contribution >= 0.6 is 34.8 Å². The van der Waals surface area contributed by atoms with Crippen molar-refractivity contribution < 1.29 is 101 Å². The highest BCUT2D eigenvalue weighted by Crippen LogP contribution is 2.37. The molecule has 2 N–H and O–H groups in total. The van der Waals surface area contributed by atoms with Crippen LogP contribution in [0.5, 0.6) is 0 Å². The Morgan fingerprint density at radius 1 is 0.514 bits per heavy atom. The van der Waals surface area contributed by atoms with Crippen molar-refractivity contribution in [2.75, 3.05) is 0 Å². The predicted molar refractivity (Wildman–Crippen MR) is 252 cm³/mol. The summed E-state index contributed by atoms with van der Waals surface area (Å²) in [7, 11) is -0.780. The zero-order chi connectivity index (χ0) is 54.5. The minimum atomic E-state index is -1.16. The van der Waals surface area contributed by atoms with Gasteiger partial charge in [0.05, 0.1) is 65.0 Å². The molecule has 0 saturated carbocycles. The lowest BCUT2D eigenvalue weighted by molar-refractivity contribution is -0.153. The molecule has 0 aromatic heterocycles. The number of hydrogen-bond donors (Lipinski definition) is 2. The molecule has 2 saturated heterocycles. The Labute approximate surface area is 427 Å². The number of carboxylic acid groups (broad SMARTS) is 1. The summed E-state index contributed by atoms with van der Waals surface area (Å²) >= 11 is 14.0. The van der Waals surface area contributed by atoms with E-state index >= 15 is 0 Å². The first kappa shape index (κ1) is 60.1. The fraction of sp³-hybridized carbons (Fsp3) is 0.370. The molecule has 5 aliphatic heterocycles. The summed E-state index contributed by atoms with van der Waals surface area (Å²) in [4.78, 5) is 115. The molecule has 7 rings (SSSR count). The van der Waals surface area contributed by atoms with Crippen molar-refractivity contribution in [1.29, 1.82) is 0 Å². The van der Waals surface area contributed by atoms with E-state index in [1.54, 1.807) is 0 Å². The van der Waals surface area contributed by atoms with E-state index in [9.17, 15) is 52.7 Å². The van der Waals surface area contributed by atoms with Gasteiger partial charge >= 0.3 is 72.5 Å². The molecule has 0 spiro atoms. The lowest BCUT2D eigenvalue weighted by atomic mass is 9.79. The summed E-state index contributed by atoms with van der Waals surface area (Å²) in [6, 6.07) is 15.0. The van der Waals surface area contributed by atoms with Crippen molar-refractivity contribution in [1.82, 2.24) is 0 Å². The molecule has 5 heterocycles. The van der Waals surface area contributed by atoms with Gasteiger partial charge in [0.1, 0.15) is 6.61 Å². The molecule has 0 atom stereocenters. The number of rotatable bonds is 12. The maximum absolute atomic E-state index is 11.8. The summed E-state index contributed by atoms with van der Waals surface area (Å²) in [5.74, 6) is -6.54. The third-order valence-corrected chi connectivity index (χ3v) is 11.6. The van der Waals surface area contributed by atoms with Crippen molar-refractivity contribution in [3.05, 3.63) is 94.6 Å². The van der Waals surface area contributed by atoms with Crippen LogP contribution in [0.1, 0.15) is 85.8 Å². The number of carbonyl (C=O) groups excluding carboxylic acids is 10. The zero-order valence-corrected chi connectivity index (χ0v) is 42.1. The van der Waals surface area contributed by atoms with Crippen LogP contribution in [0.15, 0.2) is 83.5 Å². The van der Waals surface area contributed by atoms with Crippen molar-refractivity contribution in [2.24, 2.45) is 0 Å². The van der Waals surface area contributed by atoms with Gasteiger partial charge in [0, 0.05) is 18.2 Å². The topological polar surface area (TPSA) is 302 Å².